The summed E-state index contributed by atoms with van der Waals surface area (Å²) in [5, 5.41) is 12.1. The summed E-state index contributed by atoms with van der Waals surface area (Å²) in [4.78, 5) is 14.1. The number of hydrogen-bond acceptors (Lipinski definition) is 7. The maximum absolute atomic E-state index is 12.0. The molecule has 1 atom stereocenters. The lowest BCUT2D eigenvalue weighted by molar-refractivity contribution is 0.0454. The number of carbonyl (C=O) groups excluding carboxylic acids is 1. The Morgan fingerprint density at radius 3 is 2.76 bits per heavy atom. The molecule has 2 rings (SSSR count). The molecule has 21 heavy (non-hydrogen) atoms. The number of nitrogens with two attached hydrogens (primary N) is 1. The lowest BCUT2D eigenvalue weighted by Gasteiger charge is -2.40. The van der Waals surface area contributed by atoms with Crippen molar-refractivity contribution in [2.45, 2.75) is 51.7 Å². The van der Waals surface area contributed by atoms with Gasteiger partial charge in [0.05, 0.1) is 5.54 Å². The summed E-state index contributed by atoms with van der Waals surface area (Å²) in [6.45, 7) is 9.14. The highest BCUT2D eigenvalue weighted by molar-refractivity contribution is 7.18. The number of nitrogens with zero attached hydrogens (tertiary/aromatic N) is 3. The van der Waals surface area contributed by atoms with E-state index in [1.54, 1.807) is 0 Å². The molecule has 8 heteroatoms. The van der Waals surface area contributed by atoms with Crippen molar-refractivity contribution < 1.29 is 9.53 Å². The van der Waals surface area contributed by atoms with Gasteiger partial charge in [0.1, 0.15) is 5.60 Å². The maximum Gasteiger partial charge on any atom is 0.408 e. The van der Waals surface area contributed by atoms with Crippen molar-refractivity contribution in [3.63, 3.8) is 0 Å². The van der Waals surface area contributed by atoms with E-state index >= 15 is 0 Å². The second-order valence-electron chi connectivity index (χ2n) is 6.64. The molecule has 1 amide bonds. The standard InChI is InChI=1S/C13H23N5O2S/c1-12(2,3)20-11(19)15-13(4)6-5-7-18(8-13)10-17-16-9(14)21-10/h5-8H2,1-4H3,(H2,14,16)(H,15,19). The molecule has 2 heterocycles. The molecule has 0 aliphatic carbocycles. The Morgan fingerprint density at radius 1 is 1.48 bits per heavy atom. The number of nitrogens with one attached hydrogen (secondary N) is 1. The third-order valence-corrected chi connectivity index (χ3v) is 4.01. The fourth-order valence-corrected chi connectivity index (χ4v) is 3.04. The van der Waals surface area contributed by atoms with E-state index in [1.807, 2.05) is 27.7 Å². The van der Waals surface area contributed by atoms with Crippen LogP contribution in [0.25, 0.3) is 0 Å². The Morgan fingerprint density at radius 2 is 2.19 bits per heavy atom. The first-order valence-corrected chi connectivity index (χ1v) is 7.84. The van der Waals surface area contributed by atoms with Gasteiger partial charge in [0.2, 0.25) is 10.3 Å². The molecule has 0 bridgehead atoms. The molecule has 0 saturated carbocycles. The Balaban J connectivity index is 2.00. The van der Waals surface area contributed by atoms with Crippen LogP contribution in [0.2, 0.25) is 0 Å². The summed E-state index contributed by atoms with van der Waals surface area (Å²) in [7, 11) is 0. The fraction of sp³-hybridized carbons (Fsp3) is 0.769. The number of rotatable bonds is 2. The largest absolute Gasteiger partial charge is 0.444 e. The molecule has 0 radical (unpaired) electrons. The van der Waals surface area contributed by atoms with Gasteiger partial charge in [-0.25, -0.2) is 4.79 Å². The monoisotopic (exact) mass is 313 g/mol. The van der Waals surface area contributed by atoms with E-state index in [0.717, 1.165) is 24.5 Å². The third kappa shape index (κ3) is 4.45. The van der Waals surface area contributed by atoms with Crippen molar-refractivity contribution >= 4 is 27.7 Å². The summed E-state index contributed by atoms with van der Waals surface area (Å²) in [5.41, 5.74) is 4.79. The van der Waals surface area contributed by atoms with Crippen LogP contribution in [0.3, 0.4) is 0 Å². The zero-order valence-electron chi connectivity index (χ0n) is 13.0. The minimum Gasteiger partial charge on any atom is -0.444 e. The van der Waals surface area contributed by atoms with Crippen LogP contribution >= 0.6 is 11.3 Å². The molecular weight excluding hydrogens is 290 g/mol. The average Bonchev–Trinajstić information content (AvgIpc) is 2.72. The fourth-order valence-electron chi connectivity index (χ4n) is 2.41. The molecule has 0 aromatic carbocycles. The lowest BCUT2D eigenvalue weighted by atomic mass is 9.91. The number of piperidine rings is 1. The van der Waals surface area contributed by atoms with E-state index in [0.29, 0.717) is 11.7 Å². The highest BCUT2D eigenvalue weighted by atomic mass is 32.1. The number of nitrogen functional groups attached to an aromatic ring is 1. The summed E-state index contributed by atoms with van der Waals surface area (Å²) in [6.07, 6.45) is 1.48. The van der Waals surface area contributed by atoms with Crippen LogP contribution < -0.4 is 16.0 Å². The van der Waals surface area contributed by atoms with Crippen molar-refractivity contribution in [2.24, 2.45) is 0 Å². The Labute approximate surface area is 128 Å². The second-order valence-corrected chi connectivity index (χ2v) is 7.62. The van der Waals surface area contributed by atoms with Gasteiger partial charge in [0.15, 0.2) is 0 Å². The number of alkyl carbamates (subject to hydrolysis) is 1. The molecule has 0 spiro atoms. The highest BCUT2D eigenvalue weighted by Crippen LogP contribution is 2.29. The van der Waals surface area contributed by atoms with Crippen LogP contribution in [0, 0.1) is 0 Å². The SMILES string of the molecule is CC1(NC(=O)OC(C)(C)C)CCCN(c2nnc(N)s2)C1. The first kappa shape index (κ1) is 15.8. The molecule has 1 fully saturated rings. The van der Waals surface area contributed by atoms with Gasteiger partial charge in [-0.3, -0.25) is 0 Å². The normalized spacial score (nSPS) is 23.0. The molecule has 1 saturated heterocycles. The van der Waals surface area contributed by atoms with Gasteiger partial charge in [-0.15, -0.1) is 10.2 Å². The van der Waals surface area contributed by atoms with E-state index in [9.17, 15) is 4.79 Å². The number of hydrogen-bond donors (Lipinski definition) is 2. The zero-order chi connectivity index (χ0) is 15.7. The minimum atomic E-state index is -0.498. The number of carbonyl (C=O) groups is 1. The summed E-state index contributed by atoms with van der Waals surface area (Å²) < 4.78 is 5.34. The van der Waals surface area contributed by atoms with Crippen LogP contribution in [0.15, 0.2) is 0 Å². The summed E-state index contributed by atoms with van der Waals surface area (Å²) in [6, 6.07) is 0. The van der Waals surface area contributed by atoms with Gasteiger partial charge in [0, 0.05) is 13.1 Å². The van der Waals surface area contributed by atoms with E-state index < -0.39 is 5.60 Å². The number of amides is 1. The molecule has 7 nitrogen and oxygen atoms in total. The molecular formula is C13H23N5O2S. The molecule has 1 aromatic rings. The highest BCUT2D eigenvalue weighted by Gasteiger charge is 2.35. The minimum absolute atomic E-state index is 0.346. The van der Waals surface area contributed by atoms with E-state index in [2.05, 4.69) is 20.4 Å². The topological polar surface area (TPSA) is 93.4 Å². The number of ether oxygens (including phenoxy) is 1. The van der Waals surface area contributed by atoms with Crippen LogP contribution in [-0.4, -0.2) is 40.5 Å². The predicted octanol–water partition coefficient (Wildman–Crippen LogP) is 2.00. The molecule has 1 unspecified atom stereocenters. The van der Waals surface area contributed by atoms with Gasteiger partial charge in [-0.1, -0.05) is 11.3 Å². The van der Waals surface area contributed by atoms with Gasteiger partial charge >= 0.3 is 6.09 Å². The van der Waals surface area contributed by atoms with Crippen LogP contribution in [0.4, 0.5) is 15.1 Å². The molecule has 1 aliphatic heterocycles. The lowest BCUT2D eigenvalue weighted by Crippen LogP contribution is -2.57. The van der Waals surface area contributed by atoms with Crippen molar-refractivity contribution in [3.05, 3.63) is 0 Å². The Hall–Kier alpha value is -1.57. The summed E-state index contributed by atoms with van der Waals surface area (Å²) >= 11 is 1.36. The molecule has 3 N–H and O–H groups in total. The van der Waals surface area contributed by atoms with Gasteiger partial charge < -0.3 is 20.7 Å². The third-order valence-electron chi connectivity index (χ3n) is 3.20. The molecule has 1 aliphatic rings. The first-order valence-electron chi connectivity index (χ1n) is 7.02. The van der Waals surface area contributed by atoms with Crippen molar-refractivity contribution in [1.29, 1.82) is 0 Å². The quantitative estimate of drug-likeness (QED) is 0.867. The van der Waals surface area contributed by atoms with Crippen molar-refractivity contribution in [3.8, 4) is 0 Å². The number of anilines is 2. The van der Waals surface area contributed by atoms with Crippen molar-refractivity contribution in [1.82, 2.24) is 15.5 Å². The average molecular weight is 313 g/mol. The number of aromatic nitrogens is 2. The summed E-state index contributed by atoms with van der Waals surface area (Å²) in [5.74, 6) is 0. The maximum atomic E-state index is 12.0. The van der Waals surface area contributed by atoms with E-state index in [4.69, 9.17) is 10.5 Å². The van der Waals surface area contributed by atoms with Gasteiger partial charge in [-0.05, 0) is 40.5 Å². The Bertz CT molecular complexity index is 513. The molecule has 118 valence electrons. The van der Waals surface area contributed by atoms with Crippen molar-refractivity contribution in [2.75, 3.05) is 23.7 Å². The first-order chi connectivity index (χ1) is 9.67. The van der Waals surface area contributed by atoms with E-state index in [1.165, 1.54) is 11.3 Å². The van der Waals surface area contributed by atoms with Gasteiger partial charge in [0.25, 0.3) is 0 Å². The second kappa shape index (κ2) is 5.67. The zero-order valence-corrected chi connectivity index (χ0v) is 13.8. The van der Waals surface area contributed by atoms with Crippen LogP contribution in [0.5, 0.6) is 0 Å². The Kier molecular flexibility index (Phi) is 4.27. The van der Waals surface area contributed by atoms with Gasteiger partial charge in [-0.2, -0.15) is 0 Å². The molecule has 1 aromatic heterocycles. The smallest absolute Gasteiger partial charge is 0.408 e. The predicted molar refractivity (Wildman–Crippen MR) is 83.5 cm³/mol. The van der Waals surface area contributed by atoms with Crippen LogP contribution in [-0.2, 0) is 4.74 Å². The van der Waals surface area contributed by atoms with E-state index in [-0.39, 0.29) is 11.6 Å². The van der Waals surface area contributed by atoms with Crippen LogP contribution in [0.1, 0.15) is 40.5 Å².